The summed E-state index contributed by atoms with van der Waals surface area (Å²) in [5.74, 6) is -6.28. The number of carbonyl (C=O) groups excluding carboxylic acids is 7. The number of guanidine groups is 1. The fourth-order valence-corrected chi connectivity index (χ4v) is 5.27. The molecule has 0 aliphatic heterocycles. The molecule has 1 aromatic heterocycles. The summed E-state index contributed by atoms with van der Waals surface area (Å²) in [6.45, 7) is 15.1. The van der Waals surface area contributed by atoms with Gasteiger partial charge in [0.15, 0.2) is 5.96 Å². The summed E-state index contributed by atoms with van der Waals surface area (Å²) in [4.78, 5) is 102. The molecule has 0 unspecified atom stereocenters. The van der Waals surface area contributed by atoms with E-state index >= 15 is 0 Å². The van der Waals surface area contributed by atoms with Crippen LogP contribution in [-0.2, 0) is 40.0 Å². The Morgan fingerprint density at radius 2 is 1.08 bits per heavy atom. The molecule has 6 atom stereocenters. The number of H-pyrrole nitrogens is 1. The Bertz CT molecular complexity index is 1420. The molecule has 0 bridgehead atoms. The molecular formula is C34H60N12O7. The summed E-state index contributed by atoms with van der Waals surface area (Å²) in [7, 11) is 0. The highest BCUT2D eigenvalue weighted by Gasteiger charge is 2.36. The van der Waals surface area contributed by atoms with Crippen molar-refractivity contribution in [3.8, 4) is 0 Å². The topological polar surface area (TPSA) is 311 Å². The van der Waals surface area contributed by atoms with E-state index in [0.717, 1.165) is 0 Å². The molecule has 7 amide bonds. The Morgan fingerprint density at radius 1 is 0.642 bits per heavy atom. The van der Waals surface area contributed by atoms with Crippen molar-refractivity contribution in [2.75, 3.05) is 6.54 Å². The van der Waals surface area contributed by atoms with Gasteiger partial charge in [-0.2, -0.15) is 0 Å². The third-order valence-electron chi connectivity index (χ3n) is 8.26. The second kappa shape index (κ2) is 22.0. The molecule has 1 heterocycles. The van der Waals surface area contributed by atoms with Gasteiger partial charge in [0.25, 0.3) is 0 Å². The van der Waals surface area contributed by atoms with Gasteiger partial charge >= 0.3 is 0 Å². The zero-order chi connectivity index (χ0) is 40.6. The molecule has 13 N–H and O–H groups in total. The molecule has 0 aliphatic carbocycles. The summed E-state index contributed by atoms with van der Waals surface area (Å²) >= 11 is 0. The number of nitrogens with zero attached hydrogens (tertiary/aromatic N) is 2. The van der Waals surface area contributed by atoms with Crippen molar-refractivity contribution in [1.82, 2.24) is 41.9 Å². The third-order valence-corrected chi connectivity index (χ3v) is 8.26. The van der Waals surface area contributed by atoms with Crippen LogP contribution in [0.3, 0.4) is 0 Å². The number of rotatable bonds is 22. The van der Waals surface area contributed by atoms with Gasteiger partial charge in [0.05, 0.1) is 6.33 Å². The number of hydrogen-bond donors (Lipinski definition) is 10. The Balaban J connectivity index is 3.20. The van der Waals surface area contributed by atoms with Gasteiger partial charge < -0.3 is 54.1 Å². The van der Waals surface area contributed by atoms with Crippen LogP contribution >= 0.6 is 0 Å². The van der Waals surface area contributed by atoms with Crippen LogP contribution in [0.2, 0.25) is 0 Å². The van der Waals surface area contributed by atoms with Gasteiger partial charge in [-0.15, -0.1) is 0 Å². The highest BCUT2D eigenvalue weighted by molar-refractivity contribution is 5.97. The Hall–Kier alpha value is -5.23. The third kappa shape index (κ3) is 15.9. The second-order valence-electron chi connectivity index (χ2n) is 14.4. The van der Waals surface area contributed by atoms with Crippen molar-refractivity contribution in [1.29, 1.82) is 0 Å². The van der Waals surface area contributed by atoms with E-state index in [0.29, 0.717) is 12.1 Å². The smallest absolute Gasteiger partial charge is 0.243 e. The summed E-state index contributed by atoms with van der Waals surface area (Å²) in [5.41, 5.74) is 16.9. The standard InChI is InChI=1S/C34H60N12O7/c1-16(2)24(28(35)48)43-29(49)22(11-10-12-39-34(36)37)42-31(51)25(17(3)4)45-33(53)27(19(7)8)46-32(52)26(18(5)6)44-30(50)23(41-20(9)47)13-21-14-38-15-40-21/h14-19,22-27H,10-13H2,1-9H3,(H2,35,48)(H,38,40)(H,41,47)(H,42,51)(H,43,49)(H,44,50)(H,45,53)(H,46,52)(H4,36,37,39)/t22-,23-,24-,25-,26-,27-/m0/s1. The van der Waals surface area contributed by atoms with E-state index in [1.165, 1.54) is 19.4 Å². The fourth-order valence-electron chi connectivity index (χ4n) is 5.27. The van der Waals surface area contributed by atoms with Crippen molar-refractivity contribution in [2.24, 2.45) is 45.9 Å². The number of aliphatic imine (C=N–C) groups is 1. The SMILES string of the molecule is CC(=O)N[C@@H](Cc1cnc[nH]1)C(=O)N[C@H](C(=O)N[C@H](C(=O)N[C@H](C(=O)N[C@@H](CCCN=C(N)N)C(=O)N[C@H](C(N)=O)C(C)C)C(C)C)C(C)C)C(C)C. The van der Waals surface area contributed by atoms with Crippen molar-refractivity contribution in [2.45, 2.75) is 118 Å². The molecule has 0 radical (unpaired) electrons. The predicted molar refractivity (Wildman–Crippen MR) is 198 cm³/mol. The number of amides is 7. The lowest BCUT2D eigenvalue weighted by Crippen LogP contribution is -2.62. The lowest BCUT2D eigenvalue weighted by atomic mass is 9.97. The van der Waals surface area contributed by atoms with Crippen LogP contribution in [0.5, 0.6) is 0 Å². The molecule has 0 spiro atoms. The van der Waals surface area contributed by atoms with E-state index in [-0.39, 0.29) is 31.3 Å². The van der Waals surface area contributed by atoms with E-state index in [9.17, 15) is 33.6 Å². The van der Waals surface area contributed by atoms with Gasteiger partial charge in [-0.3, -0.25) is 38.6 Å². The van der Waals surface area contributed by atoms with Crippen LogP contribution in [0.1, 0.15) is 80.8 Å². The molecule has 0 aliphatic rings. The number of aromatic nitrogens is 2. The van der Waals surface area contributed by atoms with Gasteiger partial charge in [-0.1, -0.05) is 55.4 Å². The normalized spacial score (nSPS) is 14.7. The van der Waals surface area contributed by atoms with Gasteiger partial charge in [0.1, 0.15) is 36.3 Å². The maximum atomic E-state index is 13.7. The number of nitrogens with one attached hydrogen (secondary N) is 7. The van der Waals surface area contributed by atoms with E-state index in [1.807, 2.05) is 0 Å². The lowest BCUT2D eigenvalue weighted by molar-refractivity contribution is -0.137. The quantitative estimate of drug-likeness (QED) is 0.0355. The van der Waals surface area contributed by atoms with Gasteiger partial charge in [-0.05, 0) is 36.5 Å². The van der Waals surface area contributed by atoms with Gasteiger partial charge in [0.2, 0.25) is 41.4 Å². The Morgan fingerprint density at radius 3 is 1.47 bits per heavy atom. The molecule has 0 saturated heterocycles. The molecule has 1 aromatic rings. The van der Waals surface area contributed by atoms with Gasteiger partial charge in [-0.25, -0.2) is 4.98 Å². The van der Waals surface area contributed by atoms with Crippen molar-refractivity contribution >= 4 is 47.3 Å². The highest BCUT2D eigenvalue weighted by atomic mass is 16.2. The molecule has 298 valence electrons. The lowest BCUT2D eigenvalue weighted by Gasteiger charge is -2.30. The van der Waals surface area contributed by atoms with Gasteiger partial charge in [0, 0.05) is 31.8 Å². The molecule has 53 heavy (non-hydrogen) atoms. The van der Waals surface area contributed by atoms with Crippen molar-refractivity contribution < 1.29 is 33.6 Å². The van der Waals surface area contributed by atoms with E-state index in [1.54, 1.807) is 55.4 Å². The Kier molecular flexibility index (Phi) is 19.0. The Labute approximate surface area is 311 Å². The summed E-state index contributed by atoms with van der Waals surface area (Å²) in [5, 5.41) is 16.0. The molecule has 19 heteroatoms. The number of aromatic amines is 1. The van der Waals surface area contributed by atoms with Crippen molar-refractivity contribution in [3.63, 3.8) is 0 Å². The molecule has 0 fully saturated rings. The summed E-state index contributed by atoms with van der Waals surface area (Å²) in [6.07, 6.45) is 3.43. The zero-order valence-corrected chi connectivity index (χ0v) is 32.2. The predicted octanol–water partition coefficient (Wildman–Crippen LogP) is -1.96. The first-order valence-corrected chi connectivity index (χ1v) is 17.8. The number of imidazole rings is 1. The number of nitrogens with two attached hydrogens (primary N) is 3. The van der Waals surface area contributed by atoms with Crippen LogP contribution in [0.25, 0.3) is 0 Å². The van der Waals surface area contributed by atoms with E-state index in [2.05, 4.69) is 46.9 Å². The maximum Gasteiger partial charge on any atom is 0.243 e. The average Bonchev–Trinajstić information content (AvgIpc) is 3.56. The van der Waals surface area contributed by atoms with Crippen LogP contribution in [-0.4, -0.2) is 100 Å². The first-order chi connectivity index (χ1) is 24.7. The largest absolute Gasteiger partial charge is 0.370 e. The summed E-state index contributed by atoms with van der Waals surface area (Å²) < 4.78 is 0. The fraction of sp³-hybridized carbons (Fsp3) is 0.676. The second-order valence-corrected chi connectivity index (χ2v) is 14.4. The minimum absolute atomic E-state index is 0.0916. The van der Waals surface area contributed by atoms with E-state index in [4.69, 9.17) is 17.2 Å². The van der Waals surface area contributed by atoms with Crippen molar-refractivity contribution in [3.05, 3.63) is 18.2 Å². The first kappa shape index (κ1) is 45.8. The number of hydrogen-bond acceptors (Lipinski definition) is 9. The molecule has 0 saturated carbocycles. The molecule has 0 aromatic carbocycles. The zero-order valence-electron chi connectivity index (χ0n) is 32.2. The molecular weight excluding hydrogens is 688 g/mol. The first-order valence-electron chi connectivity index (χ1n) is 17.8. The van der Waals surface area contributed by atoms with Crippen LogP contribution in [0.4, 0.5) is 0 Å². The average molecular weight is 749 g/mol. The minimum atomic E-state index is -1.15. The van der Waals surface area contributed by atoms with Crippen LogP contribution in [0, 0.1) is 23.7 Å². The maximum absolute atomic E-state index is 13.7. The highest BCUT2D eigenvalue weighted by Crippen LogP contribution is 2.11. The molecule has 19 nitrogen and oxygen atoms in total. The minimum Gasteiger partial charge on any atom is -0.370 e. The van der Waals surface area contributed by atoms with Crippen LogP contribution in [0.15, 0.2) is 17.5 Å². The summed E-state index contributed by atoms with van der Waals surface area (Å²) in [6, 6.07) is -6.52. The number of primary amides is 1. The molecule has 1 rings (SSSR count). The van der Waals surface area contributed by atoms with E-state index < -0.39 is 95.4 Å². The number of carbonyl (C=O) groups is 7. The monoisotopic (exact) mass is 748 g/mol. The van der Waals surface area contributed by atoms with Crippen LogP contribution < -0.4 is 49.1 Å².